The zero-order valence-electron chi connectivity index (χ0n) is 10.9. The monoisotopic (exact) mass is 222 g/mol. The molecule has 1 aromatic rings. The lowest BCUT2D eigenvalue weighted by molar-refractivity contribution is 0.129. The van der Waals surface area contributed by atoms with Crippen LogP contribution in [0.15, 0.2) is 18.2 Å². The molecule has 1 atom stereocenters. The number of aliphatic hydroxyl groups excluding tert-OH is 1. The standard InChI is InChI=1S/C14H22O2/c1-10(9-15)12-7-6-8-13(11(12)2)16-14(3,4)5/h6-8,10,15H,9H2,1-5H3. The maximum atomic E-state index is 9.20. The normalized spacial score (nSPS) is 13.6. The van der Waals surface area contributed by atoms with E-state index in [4.69, 9.17) is 4.74 Å². The molecule has 0 heterocycles. The Morgan fingerprint density at radius 2 is 1.94 bits per heavy atom. The molecule has 16 heavy (non-hydrogen) atoms. The van der Waals surface area contributed by atoms with E-state index in [2.05, 4.69) is 0 Å². The van der Waals surface area contributed by atoms with Crippen LogP contribution in [-0.2, 0) is 0 Å². The molecule has 90 valence electrons. The van der Waals surface area contributed by atoms with Gasteiger partial charge in [-0.1, -0.05) is 19.1 Å². The van der Waals surface area contributed by atoms with Crippen molar-refractivity contribution in [2.75, 3.05) is 6.61 Å². The summed E-state index contributed by atoms with van der Waals surface area (Å²) in [6.45, 7) is 10.3. The molecule has 0 aliphatic heterocycles. The second-order valence-electron chi connectivity index (χ2n) is 5.27. The summed E-state index contributed by atoms with van der Waals surface area (Å²) in [5, 5.41) is 9.20. The molecule has 1 aromatic carbocycles. The van der Waals surface area contributed by atoms with Crippen LogP contribution in [0.4, 0.5) is 0 Å². The highest BCUT2D eigenvalue weighted by Gasteiger charge is 2.16. The molecule has 0 spiro atoms. The van der Waals surface area contributed by atoms with Gasteiger partial charge in [0.25, 0.3) is 0 Å². The summed E-state index contributed by atoms with van der Waals surface area (Å²) in [7, 11) is 0. The Morgan fingerprint density at radius 1 is 1.31 bits per heavy atom. The summed E-state index contributed by atoms with van der Waals surface area (Å²) in [4.78, 5) is 0. The molecule has 2 heteroatoms. The van der Waals surface area contributed by atoms with Crippen molar-refractivity contribution >= 4 is 0 Å². The molecule has 0 bridgehead atoms. The Labute approximate surface area is 98.3 Å². The fourth-order valence-electron chi connectivity index (χ4n) is 1.70. The van der Waals surface area contributed by atoms with Crippen molar-refractivity contribution in [2.45, 2.75) is 46.1 Å². The minimum atomic E-state index is -0.189. The van der Waals surface area contributed by atoms with Gasteiger partial charge in [-0.3, -0.25) is 0 Å². The maximum Gasteiger partial charge on any atom is 0.123 e. The van der Waals surface area contributed by atoms with Crippen LogP contribution in [-0.4, -0.2) is 17.3 Å². The van der Waals surface area contributed by atoms with Gasteiger partial charge in [-0.2, -0.15) is 0 Å². The van der Waals surface area contributed by atoms with E-state index >= 15 is 0 Å². The first-order valence-electron chi connectivity index (χ1n) is 5.74. The lowest BCUT2D eigenvalue weighted by Crippen LogP contribution is -2.23. The zero-order chi connectivity index (χ0) is 12.3. The Hall–Kier alpha value is -1.02. The van der Waals surface area contributed by atoms with Crippen LogP contribution in [0.5, 0.6) is 5.75 Å². The minimum absolute atomic E-state index is 0.156. The summed E-state index contributed by atoms with van der Waals surface area (Å²) in [5.74, 6) is 1.06. The highest BCUT2D eigenvalue weighted by molar-refractivity contribution is 5.41. The van der Waals surface area contributed by atoms with Gasteiger partial charge in [0.05, 0.1) is 0 Å². The van der Waals surface area contributed by atoms with Crippen LogP contribution in [0.2, 0.25) is 0 Å². The lowest BCUT2D eigenvalue weighted by Gasteiger charge is -2.24. The van der Waals surface area contributed by atoms with Crippen molar-refractivity contribution < 1.29 is 9.84 Å². The largest absolute Gasteiger partial charge is 0.488 e. The second-order valence-corrected chi connectivity index (χ2v) is 5.27. The van der Waals surface area contributed by atoms with Crippen LogP contribution in [0.25, 0.3) is 0 Å². The molecule has 0 radical (unpaired) electrons. The van der Waals surface area contributed by atoms with E-state index in [1.54, 1.807) is 0 Å². The molecular formula is C14H22O2. The summed E-state index contributed by atoms with van der Waals surface area (Å²) < 4.78 is 5.89. The predicted octanol–water partition coefficient (Wildman–Crippen LogP) is 3.27. The average Bonchev–Trinajstić information content (AvgIpc) is 2.18. The van der Waals surface area contributed by atoms with Gasteiger partial charge >= 0.3 is 0 Å². The molecule has 2 nitrogen and oxygen atoms in total. The first-order chi connectivity index (χ1) is 7.35. The number of aliphatic hydroxyl groups is 1. The molecule has 1 unspecified atom stereocenters. The Morgan fingerprint density at radius 3 is 2.44 bits per heavy atom. The van der Waals surface area contributed by atoms with E-state index in [0.29, 0.717) is 0 Å². The van der Waals surface area contributed by atoms with E-state index < -0.39 is 0 Å². The van der Waals surface area contributed by atoms with E-state index in [1.165, 1.54) is 0 Å². The molecule has 0 aromatic heterocycles. The van der Waals surface area contributed by atoms with Crippen molar-refractivity contribution in [3.8, 4) is 5.75 Å². The molecule has 0 fully saturated rings. The number of benzene rings is 1. The van der Waals surface area contributed by atoms with Crippen molar-refractivity contribution in [1.29, 1.82) is 0 Å². The molecular weight excluding hydrogens is 200 g/mol. The van der Waals surface area contributed by atoms with Crippen LogP contribution < -0.4 is 4.74 Å². The quantitative estimate of drug-likeness (QED) is 0.850. The second kappa shape index (κ2) is 4.88. The Kier molecular flexibility index (Phi) is 3.98. The van der Waals surface area contributed by atoms with Gasteiger partial charge in [0.1, 0.15) is 11.4 Å². The molecule has 0 saturated carbocycles. The third-order valence-corrected chi connectivity index (χ3v) is 2.55. The number of rotatable bonds is 3. The maximum absolute atomic E-state index is 9.20. The fourth-order valence-corrected chi connectivity index (χ4v) is 1.70. The molecule has 1 N–H and O–H groups in total. The smallest absolute Gasteiger partial charge is 0.123 e. The van der Waals surface area contributed by atoms with Gasteiger partial charge in [-0.05, 0) is 44.9 Å². The lowest BCUT2D eigenvalue weighted by atomic mass is 9.96. The summed E-state index contributed by atoms with van der Waals surface area (Å²) in [6.07, 6.45) is 0. The third kappa shape index (κ3) is 3.24. The highest BCUT2D eigenvalue weighted by atomic mass is 16.5. The van der Waals surface area contributed by atoms with Gasteiger partial charge in [0.2, 0.25) is 0 Å². The summed E-state index contributed by atoms with van der Waals surface area (Å²) in [6, 6.07) is 6.01. The molecule has 1 rings (SSSR count). The van der Waals surface area contributed by atoms with E-state index in [-0.39, 0.29) is 18.1 Å². The van der Waals surface area contributed by atoms with E-state index in [1.807, 2.05) is 52.8 Å². The number of hydrogen-bond acceptors (Lipinski definition) is 2. The highest BCUT2D eigenvalue weighted by Crippen LogP contribution is 2.29. The van der Waals surface area contributed by atoms with Crippen LogP contribution in [0.1, 0.15) is 44.7 Å². The van der Waals surface area contributed by atoms with Crippen molar-refractivity contribution in [1.82, 2.24) is 0 Å². The van der Waals surface area contributed by atoms with E-state index in [9.17, 15) is 5.11 Å². The van der Waals surface area contributed by atoms with Crippen molar-refractivity contribution in [3.05, 3.63) is 29.3 Å². The third-order valence-electron chi connectivity index (χ3n) is 2.55. The molecule has 0 saturated heterocycles. The van der Waals surface area contributed by atoms with Gasteiger partial charge in [-0.25, -0.2) is 0 Å². The van der Waals surface area contributed by atoms with Gasteiger partial charge in [0, 0.05) is 12.5 Å². The van der Waals surface area contributed by atoms with Crippen LogP contribution >= 0.6 is 0 Å². The fraction of sp³-hybridized carbons (Fsp3) is 0.571. The summed E-state index contributed by atoms with van der Waals surface area (Å²) in [5.41, 5.74) is 2.09. The van der Waals surface area contributed by atoms with Crippen molar-refractivity contribution in [3.63, 3.8) is 0 Å². The zero-order valence-corrected chi connectivity index (χ0v) is 10.9. The Balaban J connectivity index is 3.04. The topological polar surface area (TPSA) is 29.5 Å². The first kappa shape index (κ1) is 13.0. The van der Waals surface area contributed by atoms with E-state index in [0.717, 1.165) is 16.9 Å². The van der Waals surface area contributed by atoms with Crippen molar-refractivity contribution in [2.24, 2.45) is 0 Å². The predicted molar refractivity (Wildman–Crippen MR) is 67.1 cm³/mol. The van der Waals surface area contributed by atoms with Crippen LogP contribution in [0, 0.1) is 6.92 Å². The summed E-state index contributed by atoms with van der Waals surface area (Å²) >= 11 is 0. The number of hydrogen-bond donors (Lipinski definition) is 1. The average molecular weight is 222 g/mol. The molecule has 0 amide bonds. The molecule has 0 aliphatic rings. The van der Waals surface area contributed by atoms with Gasteiger partial charge in [-0.15, -0.1) is 0 Å². The van der Waals surface area contributed by atoms with Gasteiger partial charge < -0.3 is 9.84 Å². The minimum Gasteiger partial charge on any atom is -0.488 e. The van der Waals surface area contributed by atoms with Gasteiger partial charge in [0.15, 0.2) is 0 Å². The Bertz CT molecular complexity index is 350. The van der Waals surface area contributed by atoms with Crippen LogP contribution in [0.3, 0.4) is 0 Å². The first-order valence-corrected chi connectivity index (χ1v) is 5.74. The number of ether oxygens (including phenoxy) is 1. The SMILES string of the molecule is Cc1c(OC(C)(C)C)cccc1C(C)CO. The molecule has 0 aliphatic carbocycles.